The van der Waals surface area contributed by atoms with Gasteiger partial charge in [-0.05, 0) is 37.3 Å². The van der Waals surface area contributed by atoms with Crippen LogP contribution in [0.1, 0.15) is 22.8 Å². The predicted molar refractivity (Wildman–Crippen MR) is 100 cm³/mol. The zero-order chi connectivity index (χ0) is 20.2. The normalized spacial score (nSPS) is 14.0. The lowest BCUT2D eigenvalue weighted by molar-refractivity contribution is 0.000388. The van der Waals surface area contributed by atoms with Crippen LogP contribution in [0.3, 0.4) is 0 Å². The van der Waals surface area contributed by atoms with Crippen molar-refractivity contribution in [3.05, 3.63) is 65.5 Å². The van der Waals surface area contributed by atoms with Crippen molar-refractivity contribution < 1.29 is 22.3 Å². The number of amides is 1. The Hall–Kier alpha value is -2.29. The average molecular weight is 394 g/mol. The molecule has 0 aliphatic heterocycles. The highest BCUT2D eigenvalue weighted by Crippen LogP contribution is 2.26. The number of carbonyl (C=O) groups excluding carboxylic acids is 1. The van der Waals surface area contributed by atoms with E-state index in [0.717, 1.165) is 4.31 Å². The third-order valence-corrected chi connectivity index (χ3v) is 6.20. The number of methoxy groups -OCH3 is 1. The van der Waals surface area contributed by atoms with Gasteiger partial charge in [0.05, 0.1) is 11.4 Å². The Morgan fingerprint density at radius 2 is 1.74 bits per heavy atom. The zero-order valence-corrected chi connectivity index (χ0v) is 16.5. The molecule has 0 fully saturated rings. The highest BCUT2D eigenvalue weighted by Gasteiger charge is 2.30. The van der Waals surface area contributed by atoms with Gasteiger partial charge in [0.15, 0.2) is 0 Å². The number of nitrogens with zero attached hydrogens (tertiary/aromatic N) is 1. The third-order valence-electron chi connectivity index (χ3n) is 4.38. The molecule has 0 saturated heterocycles. The van der Waals surface area contributed by atoms with Crippen molar-refractivity contribution >= 4 is 15.9 Å². The lowest BCUT2D eigenvalue weighted by Gasteiger charge is -2.29. The molecule has 0 saturated carbocycles. The van der Waals surface area contributed by atoms with Crippen LogP contribution >= 0.6 is 0 Å². The molecule has 0 aliphatic rings. The molecule has 6 nitrogen and oxygen atoms in total. The molecule has 1 amide bonds. The van der Waals surface area contributed by atoms with Crippen LogP contribution < -0.4 is 5.32 Å². The fraction of sp³-hybridized carbons (Fsp3) is 0.316. The third kappa shape index (κ3) is 4.52. The molecule has 0 aliphatic carbocycles. The van der Waals surface area contributed by atoms with Crippen molar-refractivity contribution in [3.63, 3.8) is 0 Å². The lowest BCUT2D eigenvalue weighted by Crippen LogP contribution is -2.40. The number of rotatable bonds is 7. The summed E-state index contributed by atoms with van der Waals surface area (Å²) < 4.78 is 44.8. The number of sulfonamides is 1. The second-order valence-corrected chi connectivity index (χ2v) is 8.56. The molecular formula is C19H23FN2O4S. The molecular weight excluding hydrogens is 371 g/mol. The first-order valence-electron chi connectivity index (χ1n) is 8.23. The molecule has 146 valence electrons. The Labute approximate surface area is 159 Å². The van der Waals surface area contributed by atoms with Crippen molar-refractivity contribution in [1.29, 1.82) is 0 Å². The summed E-state index contributed by atoms with van der Waals surface area (Å²) in [4.78, 5) is 12.5. The summed E-state index contributed by atoms with van der Waals surface area (Å²) in [5, 5.41) is 2.71. The van der Waals surface area contributed by atoms with Crippen LogP contribution in [0.2, 0.25) is 0 Å². The van der Waals surface area contributed by atoms with Gasteiger partial charge < -0.3 is 10.1 Å². The van der Waals surface area contributed by atoms with Crippen LogP contribution in [-0.2, 0) is 20.4 Å². The average Bonchev–Trinajstić information content (AvgIpc) is 2.66. The standard InChI is InChI=1S/C19H23FN2O4S/c1-19(26-4,16-7-5-6-8-17(16)20)13-21-18(23)14-9-11-15(12-10-14)27(24,25)22(2)3/h5-12H,13H2,1-4H3,(H,21,23)/t19-/m0/s1. The first-order chi connectivity index (χ1) is 12.6. The van der Waals surface area contributed by atoms with Crippen molar-refractivity contribution in [2.75, 3.05) is 27.7 Å². The van der Waals surface area contributed by atoms with Crippen molar-refractivity contribution in [2.24, 2.45) is 0 Å². The van der Waals surface area contributed by atoms with Gasteiger partial charge in [0.1, 0.15) is 11.4 Å². The van der Waals surface area contributed by atoms with Gasteiger partial charge in [-0.3, -0.25) is 4.79 Å². The molecule has 0 spiro atoms. The van der Waals surface area contributed by atoms with E-state index >= 15 is 0 Å². The van der Waals surface area contributed by atoms with Crippen LogP contribution in [0.5, 0.6) is 0 Å². The minimum Gasteiger partial charge on any atom is -0.372 e. The van der Waals surface area contributed by atoms with Gasteiger partial charge in [0.2, 0.25) is 10.0 Å². The van der Waals surface area contributed by atoms with E-state index in [0.29, 0.717) is 11.1 Å². The molecule has 2 aromatic rings. The van der Waals surface area contributed by atoms with Gasteiger partial charge in [-0.2, -0.15) is 0 Å². The van der Waals surface area contributed by atoms with Crippen molar-refractivity contribution in [3.8, 4) is 0 Å². The zero-order valence-electron chi connectivity index (χ0n) is 15.7. The van der Waals surface area contributed by atoms with E-state index in [2.05, 4.69) is 5.32 Å². The minimum atomic E-state index is -3.56. The van der Waals surface area contributed by atoms with E-state index in [9.17, 15) is 17.6 Å². The molecule has 1 N–H and O–H groups in total. The molecule has 0 aromatic heterocycles. The van der Waals surface area contributed by atoms with Gasteiger partial charge in [-0.1, -0.05) is 18.2 Å². The molecule has 0 bridgehead atoms. The summed E-state index contributed by atoms with van der Waals surface area (Å²) >= 11 is 0. The summed E-state index contributed by atoms with van der Waals surface area (Å²) in [6.45, 7) is 1.72. The van der Waals surface area contributed by atoms with Gasteiger partial charge in [0.25, 0.3) is 5.91 Å². The summed E-state index contributed by atoms with van der Waals surface area (Å²) in [6.07, 6.45) is 0. The number of carbonyl (C=O) groups is 1. The Morgan fingerprint density at radius 3 is 2.26 bits per heavy atom. The van der Waals surface area contributed by atoms with Crippen molar-refractivity contribution in [1.82, 2.24) is 9.62 Å². The summed E-state index contributed by atoms with van der Waals surface area (Å²) in [6, 6.07) is 11.8. The van der Waals surface area contributed by atoms with Crippen LogP contribution in [0.25, 0.3) is 0 Å². The topological polar surface area (TPSA) is 75.7 Å². The molecule has 27 heavy (non-hydrogen) atoms. The fourth-order valence-electron chi connectivity index (χ4n) is 2.51. The fourth-order valence-corrected chi connectivity index (χ4v) is 3.41. The summed E-state index contributed by atoms with van der Waals surface area (Å²) in [5.74, 6) is -0.835. The first-order valence-corrected chi connectivity index (χ1v) is 9.67. The van der Waals surface area contributed by atoms with E-state index in [1.165, 1.54) is 51.5 Å². The smallest absolute Gasteiger partial charge is 0.251 e. The second-order valence-electron chi connectivity index (χ2n) is 6.41. The van der Waals surface area contributed by atoms with Gasteiger partial charge in [-0.15, -0.1) is 0 Å². The highest BCUT2D eigenvalue weighted by molar-refractivity contribution is 7.89. The second kappa shape index (κ2) is 8.16. The first kappa shape index (κ1) is 21.0. The Morgan fingerprint density at radius 1 is 1.15 bits per heavy atom. The molecule has 2 aromatic carbocycles. The maximum atomic E-state index is 14.1. The van der Waals surface area contributed by atoms with Gasteiger partial charge in [-0.25, -0.2) is 17.1 Å². The quantitative estimate of drug-likeness (QED) is 0.782. The van der Waals surface area contributed by atoms with E-state index in [1.54, 1.807) is 25.1 Å². The van der Waals surface area contributed by atoms with E-state index in [4.69, 9.17) is 4.74 Å². The monoisotopic (exact) mass is 394 g/mol. The van der Waals surface area contributed by atoms with Crippen LogP contribution in [0.4, 0.5) is 4.39 Å². The summed E-state index contributed by atoms with van der Waals surface area (Å²) in [7, 11) is 0.754. The molecule has 2 rings (SSSR count). The molecule has 1 atom stereocenters. The predicted octanol–water partition coefficient (Wildman–Crippen LogP) is 2.37. The maximum Gasteiger partial charge on any atom is 0.251 e. The number of halogens is 1. The van der Waals surface area contributed by atoms with E-state index in [1.807, 2.05) is 0 Å². The highest BCUT2D eigenvalue weighted by atomic mass is 32.2. The Kier molecular flexibility index (Phi) is 6.35. The van der Waals surface area contributed by atoms with Gasteiger partial charge in [0, 0.05) is 32.3 Å². The minimum absolute atomic E-state index is 0.0427. The van der Waals surface area contributed by atoms with E-state index < -0.39 is 27.3 Å². The van der Waals surface area contributed by atoms with Crippen LogP contribution in [-0.4, -0.2) is 46.4 Å². The number of benzene rings is 2. The van der Waals surface area contributed by atoms with Crippen molar-refractivity contribution in [2.45, 2.75) is 17.4 Å². The Balaban J connectivity index is 2.14. The molecule has 0 radical (unpaired) electrons. The number of ether oxygens (including phenoxy) is 1. The van der Waals surface area contributed by atoms with Gasteiger partial charge >= 0.3 is 0 Å². The van der Waals surface area contributed by atoms with Crippen LogP contribution in [0.15, 0.2) is 53.4 Å². The maximum absolute atomic E-state index is 14.1. The molecule has 0 unspecified atom stereocenters. The number of hydrogen-bond acceptors (Lipinski definition) is 4. The Bertz CT molecular complexity index is 914. The molecule has 0 heterocycles. The largest absolute Gasteiger partial charge is 0.372 e. The number of hydrogen-bond donors (Lipinski definition) is 1. The van der Waals surface area contributed by atoms with Crippen LogP contribution in [0, 0.1) is 5.82 Å². The molecule has 8 heteroatoms. The summed E-state index contributed by atoms with van der Waals surface area (Å²) in [5.41, 5.74) is -0.421. The SMILES string of the molecule is CO[C@@](C)(CNC(=O)c1ccc(S(=O)(=O)N(C)C)cc1)c1ccccc1F. The van der Waals surface area contributed by atoms with E-state index in [-0.39, 0.29) is 11.4 Å². The lowest BCUT2D eigenvalue weighted by atomic mass is 9.95. The number of nitrogens with one attached hydrogen (secondary N) is 1.